The zero-order chi connectivity index (χ0) is 18.7. The summed E-state index contributed by atoms with van der Waals surface area (Å²) in [6.07, 6.45) is 3.43. The van der Waals surface area contributed by atoms with Crippen LogP contribution in [-0.4, -0.2) is 15.5 Å². The molecule has 0 atom stereocenters. The highest BCUT2D eigenvalue weighted by Gasteiger charge is 2.20. The van der Waals surface area contributed by atoms with Crippen molar-refractivity contribution >= 4 is 5.91 Å². The average Bonchev–Trinajstić information content (AvgIpc) is 2.85. The number of hydrogen-bond donors (Lipinski definition) is 1. The molecule has 4 nitrogen and oxygen atoms in total. The molecule has 26 heavy (non-hydrogen) atoms. The van der Waals surface area contributed by atoms with Gasteiger partial charge in [0.15, 0.2) is 0 Å². The van der Waals surface area contributed by atoms with E-state index in [-0.39, 0.29) is 11.7 Å². The Hall–Kier alpha value is -2.95. The highest BCUT2D eigenvalue weighted by atomic mass is 19.1. The summed E-state index contributed by atoms with van der Waals surface area (Å²) in [6.45, 7) is 6.80. The number of amides is 1. The number of carbonyl (C=O) groups is 1. The quantitative estimate of drug-likeness (QED) is 0.757. The first-order valence-corrected chi connectivity index (χ1v) is 8.55. The van der Waals surface area contributed by atoms with Crippen molar-refractivity contribution in [2.24, 2.45) is 0 Å². The van der Waals surface area contributed by atoms with Gasteiger partial charge in [0.05, 0.1) is 0 Å². The molecule has 0 aliphatic carbocycles. The van der Waals surface area contributed by atoms with Gasteiger partial charge in [-0.15, -0.1) is 0 Å². The Kier molecular flexibility index (Phi) is 5.16. The number of nitrogens with one attached hydrogen (secondary N) is 1. The average molecular weight is 351 g/mol. The molecule has 2 aromatic heterocycles. The van der Waals surface area contributed by atoms with Crippen molar-refractivity contribution in [3.8, 4) is 0 Å². The predicted molar refractivity (Wildman–Crippen MR) is 99.6 cm³/mol. The Morgan fingerprint density at radius 3 is 2.58 bits per heavy atom. The summed E-state index contributed by atoms with van der Waals surface area (Å²) >= 11 is 0. The number of halogens is 1. The Morgan fingerprint density at radius 2 is 1.88 bits per heavy atom. The van der Waals surface area contributed by atoms with E-state index in [1.54, 1.807) is 18.5 Å². The van der Waals surface area contributed by atoms with Gasteiger partial charge in [-0.05, 0) is 61.2 Å². The van der Waals surface area contributed by atoms with Gasteiger partial charge in [0.2, 0.25) is 0 Å². The number of hydrogen-bond acceptors (Lipinski definition) is 2. The lowest BCUT2D eigenvalue weighted by Gasteiger charge is -2.13. The summed E-state index contributed by atoms with van der Waals surface area (Å²) < 4.78 is 15.5. The molecule has 0 saturated carbocycles. The monoisotopic (exact) mass is 351 g/mol. The number of carbonyl (C=O) groups excluding carboxylic acids is 1. The summed E-state index contributed by atoms with van der Waals surface area (Å²) in [5.41, 5.74) is 5.42. The minimum Gasteiger partial charge on any atom is -0.347 e. The minimum absolute atomic E-state index is 0.140. The molecule has 0 unspecified atom stereocenters. The van der Waals surface area contributed by atoms with E-state index in [0.717, 1.165) is 27.9 Å². The maximum Gasteiger partial charge on any atom is 0.268 e. The van der Waals surface area contributed by atoms with Crippen molar-refractivity contribution in [1.82, 2.24) is 14.9 Å². The van der Waals surface area contributed by atoms with E-state index in [1.807, 2.05) is 43.5 Å². The molecule has 0 fully saturated rings. The van der Waals surface area contributed by atoms with Gasteiger partial charge >= 0.3 is 0 Å². The second kappa shape index (κ2) is 7.52. The SMILES string of the molecule is Cc1c(C)c(C(=O)NCc2cccnc2)n(Cc2cccc(F)c2)c1C. The standard InChI is InChI=1S/C21H22FN3O/c1-14-15(2)20(21(26)24-12-18-7-5-9-23-11-18)25(16(14)3)13-17-6-4-8-19(22)10-17/h4-11H,12-13H2,1-3H3,(H,24,26). The molecule has 0 saturated heterocycles. The molecule has 0 radical (unpaired) electrons. The van der Waals surface area contributed by atoms with Crippen LogP contribution in [0, 0.1) is 26.6 Å². The zero-order valence-electron chi connectivity index (χ0n) is 15.2. The van der Waals surface area contributed by atoms with Crippen molar-refractivity contribution in [2.45, 2.75) is 33.9 Å². The lowest BCUT2D eigenvalue weighted by molar-refractivity contribution is 0.0941. The molecule has 2 heterocycles. The van der Waals surface area contributed by atoms with Gasteiger partial charge in [0, 0.05) is 31.2 Å². The third-order valence-corrected chi connectivity index (χ3v) is 4.76. The van der Waals surface area contributed by atoms with Crippen LogP contribution in [0.25, 0.3) is 0 Å². The Morgan fingerprint density at radius 1 is 1.12 bits per heavy atom. The molecule has 1 aromatic carbocycles. The van der Waals surface area contributed by atoms with Crippen LogP contribution >= 0.6 is 0 Å². The van der Waals surface area contributed by atoms with Crippen molar-refractivity contribution in [1.29, 1.82) is 0 Å². The second-order valence-corrected chi connectivity index (χ2v) is 6.44. The smallest absolute Gasteiger partial charge is 0.268 e. The van der Waals surface area contributed by atoms with E-state index in [0.29, 0.717) is 18.8 Å². The number of benzene rings is 1. The molecule has 1 amide bonds. The van der Waals surface area contributed by atoms with Crippen molar-refractivity contribution in [2.75, 3.05) is 0 Å². The summed E-state index contributed by atoms with van der Waals surface area (Å²) in [7, 11) is 0. The molecule has 134 valence electrons. The van der Waals surface area contributed by atoms with Crippen LogP contribution in [-0.2, 0) is 13.1 Å². The van der Waals surface area contributed by atoms with Gasteiger partial charge in [0.1, 0.15) is 11.5 Å². The van der Waals surface area contributed by atoms with Gasteiger partial charge in [-0.1, -0.05) is 18.2 Å². The predicted octanol–water partition coefficient (Wildman–Crippen LogP) is 3.93. The fourth-order valence-electron chi connectivity index (χ4n) is 3.10. The topological polar surface area (TPSA) is 46.9 Å². The molecule has 3 rings (SSSR count). The normalized spacial score (nSPS) is 10.8. The molecule has 3 aromatic rings. The van der Waals surface area contributed by atoms with Crippen LogP contribution in [0.2, 0.25) is 0 Å². The van der Waals surface area contributed by atoms with Crippen LogP contribution in [0.15, 0.2) is 48.8 Å². The number of rotatable bonds is 5. The molecule has 5 heteroatoms. The molecular weight excluding hydrogens is 329 g/mol. The Labute approximate surface area is 152 Å². The van der Waals surface area contributed by atoms with Gasteiger partial charge in [-0.3, -0.25) is 9.78 Å². The van der Waals surface area contributed by atoms with E-state index in [4.69, 9.17) is 0 Å². The summed E-state index contributed by atoms with van der Waals surface area (Å²) in [4.78, 5) is 16.9. The van der Waals surface area contributed by atoms with Crippen LogP contribution < -0.4 is 5.32 Å². The third kappa shape index (κ3) is 3.67. The fourth-order valence-corrected chi connectivity index (χ4v) is 3.10. The number of nitrogens with zero attached hydrogens (tertiary/aromatic N) is 2. The van der Waals surface area contributed by atoms with Crippen molar-refractivity contribution in [3.05, 3.63) is 88.3 Å². The van der Waals surface area contributed by atoms with Crippen LogP contribution in [0.5, 0.6) is 0 Å². The van der Waals surface area contributed by atoms with E-state index < -0.39 is 0 Å². The van der Waals surface area contributed by atoms with E-state index in [9.17, 15) is 9.18 Å². The van der Waals surface area contributed by atoms with Crippen LogP contribution in [0.1, 0.15) is 38.4 Å². The van der Waals surface area contributed by atoms with Crippen molar-refractivity contribution < 1.29 is 9.18 Å². The highest BCUT2D eigenvalue weighted by molar-refractivity contribution is 5.95. The first-order valence-electron chi connectivity index (χ1n) is 8.55. The van der Waals surface area contributed by atoms with Gasteiger partial charge in [0.25, 0.3) is 5.91 Å². The Bertz CT molecular complexity index is 932. The van der Waals surface area contributed by atoms with Gasteiger partial charge < -0.3 is 9.88 Å². The molecule has 0 bridgehead atoms. The lowest BCUT2D eigenvalue weighted by Crippen LogP contribution is -2.26. The van der Waals surface area contributed by atoms with E-state index >= 15 is 0 Å². The molecule has 0 aliphatic rings. The largest absolute Gasteiger partial charge is 0.347 e. The van der Waals surface area contributed by atoms with E-state index in [1.165, 1.54) is 12.1 Å². The summed E-state index contributed by atoms with van der Waals surface area (Å²) in [5.74, 6) is -0.415. The molecular formula is C21H22FN3O. The van der Waals surface area contributed by atoms with Gasteiger partial charge in [-0.2, -0.15) is 0 Å². The third-order valence-electron chi connectivity index (χ3n) is 4.76. The number of aromatic nitrogens is 2. The maximum atomic E-state index is 13.5. The fraction of sp³-hybridized carbons (Fsp3) is 0.238. The minimum atomic E-state index is -0.275. The lowest BCUT2D eigenvalue weighted by atomic mass is 10.1. The zero-order valence-corrected chi connectivity index (χ0v) is 15.2. The van der Waals surface area contributed by atoms with Crippen molar-refractivity contribution in [3.63, 3.8) is 0 Å². The highest BCUT2D eigenvalue weighted by Crippen LogP contribution is 2.23. The molecule has 1 N–H and O–H groups in total. The summed E-state index contributed by atoms with van der Waals surface area (Å²) in [5, 5.41) is 2.96. The molecule has 0 spiro atoms. The first-order chi connectivity index (χ1) is 12.5. The van der Waals surface area contributed by atoms with Crippen LogP contribution in [0.3, 0.4) is 0 Å². The number of pyridine rings is 1. The van der Waals surface area contributed by atoms with Crippen LogP contribution in [0.4, 0.5) is 4.39 Å². The van der Waals surface area contributed by atoms with Gasteiger partial charge in [-0.25, -0.2) is 4.39 Å². The van der Waals surface area contributed by atoms with E-state index in [2.05, 4.69) is 10.3 Å². The molecule has 0 aliphatic heterocycles. The second-order valence-electron chi connectivity index (χ2n) is 6.44. The summed E-state index contributed by atoms with van der Waals surface area (Å²) in [6, 6.07) is 10.2. The maximum absolute atomic E-state index is 13.5. The first kappa shape index (κ1) is 17.9. The Balaban J connectivity index is 1.88.